The minimum absolute atomic E-state index is 0.0187. The molecule has 0 fully saturated rings. The lowest BCUT2D eigenvalue weighted by Gasteiger charge is -2.28. The van der Waals surface area contributed by atoms with E-state index in [-0.39, 0.29) is 24.9 Å². The number of amides is 1. The van der Waals surface area contributed by atoms with E-state index < -0.39 is 12.1 Å². The summed E-state index contributed by atoms with van der Waals surface area (Å²) in [4.78, 5) is 23.9. The predicted octanol–water partition coefficient (Wildman–Crippen LogP) is 1.12. The molecule has 5 nitrogen and oxygen atoms in total. The molecule has 1 atom stereocenters. The molecule has 0 aromatic carbocycles. The first-order valence-corrected chi connectivity index (χ1v) is 5.54. The standard InChI is InChI=1S/C11H21NO4/c1-5-16-9(4)11(15)12(8(2)3)7-6-10(13)14/h8-9H,5-7H2,1-4H3,(H,13,14). The zero-order valence-corrected chi connectivity index (χ0v) is 10.4. The van der Waals surface area contributed by atoms with Crippen LogP contribution < -0.4 is 0 Å². The summed E-state index contributed by atoms with van der Waals surface area (Å²) < 4.78 is 5.20. The molecule has 1 unspecified atom stereocenters. The number of nitrogens with zero attached hydrogens (tertiary/aromatic N) is 1. The Morgan fingerprint density at radius 1 is 1.31 bits per heavy atom. The Morgan fingerprint density at radius 3 is 2.25 bits per heavy atom. The Balaban J connectivity index is 4.40. The molecule has 1 N–H and O–H groups in total. The van der Waals surface area contributed by atoms with Crippen molar-refractivity contribution < 1.29 is 19.4 Å². The van der Waals surface area contributed by atoms with Crippen molar-refractivity contribution in [1.29, 1.82) is 0 Å². The monoisotopic (exact) mass is 231 g/mol. The molecule has 0 saturated heterocycles. The number of carboxylic acid groups (broad SMARTS) is 1. The molecule has 94 valence electrons. The number of carboxylic acids is 1. The Labute approximate surface area is 96.4 Å². The number of rotatable bonds is 7. The van der Waals surface area contributed by atoms with Crippen molar-refractivity contribution in [2.45, 2.75) is 46.3 Å². The molecule has 0 aliphatic rings. The van der Waals surface area contributed by atoms with E-state index in [0.29, 0.717) is 6.61 Å². The number of hydrogen-bond donors (Lipinski definition) is 1. The fourth-order valence-corrected chi connectivity index (χ4v) is 1.39. The number of ether oxygens (including phenoxy) is 1. The maximum atomic E-state index is 11.9. The predicted molar refractivity (Wildman–Crippen MR) is 60.2 cm³/mol. The molecule has 0 heterocycles. The van der Waals surface area contributed by atoms with Gasteiger partial charge in [0, 0.05) is 19.2 Å². The maximum absolute atomic E-state index is 11.9. The SMILES string of the molecule is CCOC(C)C(=O)N(CCC(=O)O)C(C)C. The quantitative estimate of drug-likeness (QED) is 0.713. The molecule has 5 heteroatoms. The van der Waals surface area contributed by atoms with E-state index in [0.717, 1.165) is 0 Å². The normalized spacial score (nSPS) is 12.6. The topological polar surface area (TPSA) is 66.8 Å². The highest BCUT2D eigenvalue weighted by atomic mass is 16.5. The van der Waals surface area contributed by atoms with Crippen molar-refractivity contribution in [2.75, 3.05) is 13.2 Å². The second kappa shape index (κ2) is 7.22. The molecule has 0 radical (unpaired) electrons. The van der Waals surface area contributed by atoms with E-state index in [1.807, 2.05) is 20.8 Å². The van der Waals surface area contributed by atoms with Crippen LogP contribution in [0.4, 0.5) is 0 Å². The van der Waals surface area contributed by atoms with Gasteiger partial charge in [-0.3, -0.25) is 9.59 Å². The van der Waals surface area contributed by atoms with E-state index in [1.165, 1.54) is 4.90 Å². The molecule has 0 aromatic rings. The third-order valence-electron chi connectivity index (χ3n) is 2.24. The summed E-state index contributed by atoms with van der Waals surface area (Å²) in [5.74, 6) is -1.05. The van der Waals surface area contributed by atoms with Crippen molar-refractivity contribution in [1.82, 2.24) is 4.90 Å². The number of hydrogen-bond acceptors (Lipinski definition) is 3. The molecule has 0 aromatic heterocycles. The molecule has 0 bridgehead atoms. The van der Waals surface area contributed by atoms with Crippen LogP contribution in [0.1, 0.15) is 34.1 Å². The van der Waals surface area contributed by atoms with Gasteiger partial charge >= 0.3 is 5.97 Å². The van der Waals surface area contributed by atoms with E-state index in [4.69, 9.17) is 9.84 Å². The lowest BCUT2D eigenvalue weighted by atomic mass is 10.2. The van der Waals surface area contributed by atoms with Gasteiger partial charge in [0.25, 0.3) is 5.91 Å². The van der Waals surface area contributed by atoms with Gasteiger partial charge in [-0.25, -0.2) is 0 Å². The minimum atomic E-state index is -0.900. The fraction of sp³-hybridized carbons (Fsp3) is 0.818. The van der Waals surface area contributed by atoms with Crippen LogP contribution in [0.3, 0.4) is 0 Å². The van der Waals surface area contributed by atoms with Gasteiger partial charge in [0.15, 0.2) is 0 Å². The zero-order valence-electron chi connectivity index (χ0n) is 10.4. The minimum Gasteiger partial charge on any atom is -0.481 e. The fourth-order valence-electron chi connectivity index (χ4n) is 1.39. The Kier molecular flexibility index (Phi) is 6.72. The maximum Gasteiger partial charge on any atom is 0.305 e. The van der Waals surface area contributed by atoms with Gasteiger partial charge in [-0.2, -0.15) is 0 Å². The third-order valence-corrected chi connectivity index (χ3v) is 2.24. The van der Waals surface area contributed by atoms with Gasteiger partial charge in [0.2, 0.25) is 0 Å². The molecular formula is C11H21NO4. The smallest absolute Gasteiger partial charge is 0.305 e. The summed E-state index contributed by atoms with van der Waals surface area (Å²) in [5.41, 5.74) is 0. The van der Waals surface area contributed by atoms with E-state index in [2.05, 4.69) is 0 Å². The van der Waals surface area contributed by atoms with Crippen LogP contribution in [0.25, 0.3) is 0 Å². The third kappa shape index (κ3) is 5.11. The molecular weight excluding hydrogens is 210 g/mol. The van der Waals surface area contributed by atoms with Crippen LogP contribution >= 0.6 is 0 Å². The highest BCUT2D eigenvalue weighted by Gasteiger charge is 2.23. The lowest BCUT2D eigenvalue weighted by molar-refractivity contribution is -0.145. The summed E-state index contributed by atoms with van der Waals surface area (Å²) in [7, 11) is 0. The van der Waals surface area contributed by atoms with Gasteiger partial charge in [-0.05, 0) is 27.7 Å². The highest BCUT2D eigenvalue weighted by molar-refractivity contribution is 5.81. The van der Waals surface area contributed by atoms with Crippen LogP contribution in [0.5, 0.6) is 0 Å². The summed E-state index contributed by atoms with van der Waals surface area (Å²) in [6, 6.07) is -0.0187. The first-order chi connectivity index (χ1) is 7.40. The Morgan fingerprint density at radius 2 is 1.88 bits per heavy atom. The first-order valence-electron chi connectivity index (χ1n) is 5.54. The van der Waals surface area contributed by atoms with Gasteiger partial charge in [0.1, 0.15) is 6.10 Å². The average molecular weight is 231 g/mol. The van der Waals surface area contributed by atoms with Gasteiger partial charge in [-0.15, -0.1) is 0 Å². The van der Waals surface area contributed by atoms with Crippen molar-refractivity contribution in [3.05, 3.63) is 0 Å². The second-order valence-corrected chi connectivity index (χ2v) is 3.87. The molecule has 0 spiro atoms. The molecule has 16 heavy (non-hydrogen) atoms. The van der Waals surface area contributed by atoms with Crippen molar-refractivity contribution in [3.8, 4) is 0 Å². The molecule has 0 aliphatic carbocycles. The van der Waals surface area contributed by atoms with Crippen molar-refractivity contribution in [2.24, 2.45) is 0 Å². The molecule has 0 saturated carbocycles. The van der Waals surface area contributed by atoms with Crippen LogP contribution in [0, 0.1) is 0 Å². The number of carbonyl (C=O) groups excluding carboxylic acids is 1. The summed E-state index contributed by atoms with van der Waals surface area (Å²) >= 11 is 0. The van der Waals surface area contributed by atoms with Gasteiger partial charge in [-0.1, -0.05) is 0 Å². The molecule has 0 rings (SSSR count). The van der Waals surface area contributed by atoms with Crippen molar-refractivity contribution in [3.63, 3.8) is 0 Å². The second-order valence-electron chi connectivity index (χ2n) is 3.87. The number of aliphatic carboxylic acids is 1. The first kappa shape index (κ1) is 14.9. The Hall–Kier alpha value is -1.10. The zero-order chi connectivity index (χ0) is 12.7. The summed E-state index contributed by atoms with van der Waals surface area (Å²) in [6.45, 7) is 7.92. The van der Waals surface area contributed by atoms with Gasteiger partial charge in [0.05, 0.1) is 6.42 Å². The van der Waals surface area contributed by atoms with Gasteiger partial charge < -0.3 is 14.7 Å². The van der Waals surface area contributed by atoms with E-state index in [9.17, 15) is 9.59 Å². The summed E-state index contributed by atoms with van der Waals surface area (Å²) in [5, 5.41) is 8.60. The van der Waals surface area contributed by atoms with E-state index in [1.54, 1.807) is 6.92 Å². The summed E-state index contributed by atoms with van der Waals surface area (Å²) in [6.07, 6.45) is -0.552. The molecule has 0 aliphatic heterocycles. The van der Waals surface area contributed by atoms with Crippen LogP contribution in [0.2, 0.25) is 0 Å². The van der Waals surface area contributed by atoms with E-state index >= 15 is 0 Å². The highest BCUT2D eigenvalue weighted by Crippen LogP contribution is 2.06. The average Bonchev–Trinajstić information content (AvgIpc) is 2.17. The van der Waals surface area contributed by atoms with Crippen LogP contribution in [-0.2, 0) is 14.3 Å². The van der Waals surface area contributed by atoms with Crippen molar-refractivity contribution >= 4 is 11.9 Å². The number of carbonyl (C=O) groups is 2. The van der Waals surface area contributed by atoms with Crippen LogP contribution in [-0.4, -0.2) is 47.2 Å². The Bertz CT molecular complexity index is 240. The molecule has 1 amide bonds. The largest absolute Gasteiger partial charge is 0.481 e. The lowest BCUT2D eigenvalue weighted by Crippen LogP contribution is -2.44. The van der Waals surface area contributed by atoms with Crippen LogP contribution in [0.15, 0.2) is 0 Å².